The lowest BCUT2D eigenvalue weighted by molar-refractivity contribution is -0.140. The van der Waals surface area contributed by atoms with Crippen LogP contribution in [-0.2, 0) is 9.59 Å². The first-order valence-electron chi connectivity index (χ1n) is 10.6. The van der Waals surface area contributed by atoms with E-state index in [1.807, 2.05) is 36.1 Å². The summed E-state index contributed by atoms with van der Waals surface area (Å²) in [7, 11) is 0. The fraction of sp³-hybridized carbons (Fsp3) is 0.636. The Morgan fingerprint density at radius 1 is 1.00 bits per heavy atom. The Labute approximate surface area is 173 Å². The third-order valence-electron chi connectivity index (χ3n) is 6.04. The van der Waals surface area contributed by atoms with Gasteiger partial charge in [0.05, 0.1) is 6.54 Å². The summed E-state index contributed by atoms with van der Waals surface area (Å²) in [5, 5.41) is 4.01. The standard InChI is InChI=1S/C22H32ClN3O2/c1-17(18-6-8-20(23)9-7-18)24-16-21(27)25-14-10-19(11-15-25)22(28)26-12-4-2-3-5-13-26/h6-9,17,19,24H,2-5,10-16H2,1H3. The molecule has 28 heavy (non-hydrogen) atoms. The summed E-state index contributed by atoms with van der Waals surface area (Å²) in [5.41, 5.74) is 1.11. The number of nitrogens with one attached hydrogen (secondary N) is 1. The molecule has 0 bridgehead atoms. The maximum atomic E-state index is 12.8. The largest absolute Gasteiger partial charge is 0.342 e. The van der Waals surface area contributed by atoms with Crippen molar-refractivity contribution in [3.05, 3.63) is 34.9 Å². The Morgan fingerprint density at radius 3 is 2.21 bits per heavy atom. The fourth-order valence-electron chi connectivity index (χ4n) is 4.15. The van der Waals surface area contributed by atoms with E-state index in [-0.39, 0.29) is 17.9 Å². The van der Waals surface area contributed by atoms with Crippen LogP contribution in [0.4, 0.5) is 0 Å². The van der Waals surface area contributed by atoms with Crippen LogP contribution >= 0.6 is 11.6 Å². The molecule has 154 valence electrons. The van der Waals surface area contributed by atoms with Crippen molar-refractivity contribution in [2.75, 3.05) is 32.7 Å². The number of halogens is 1. The number of hydrogen-bond acceptors (Lipinski definition) is 3. The number of likely N-dealkylation sites (tertiary alicyclic amines) is 2. The van der Waals surface area contributed by atoms with Crippen LogP contribution in [0.5, 0.6) is 0 Å². The van der Waals surface area contributed by atoms with Gasteiger partial charge in [-0.15, -0.1) is 0 Å². The van der Waals surface area contributed by atoms with Crippen LogP contribution in [0.2, 0.25) is 5.02 Å². The van der Waals surface area contributed by atoms with E-state index in [4.69, 9.17) is 11.6 Å². The zero-order chi connectivity index (χ0) is 19.9. The summed E-state index contributed by atoms with van der Waals surface area (Å²) < 4.78 is 0. The van der Waals surface area contributed by atoms with E-state index in [1.165, 1.54) is 12.8 Å². The van der Waals surface area contributed by atoms with Crippen molar-refractivity contribution in [1.82, 2.24) is 15.1 Å². The first-order valence-corrected chi connectivity index (χ1v) is 11.0. The van der Waals surface area contributed by atoms with E-state index in [1.54, 1.807) is 0 Å². The molecular formula is C22H32ClN3O2. The van der Waals surface area contributed by atoms with Crippen molar-refractivity contribution in [3.8, 4) is 0 Å². The van der Waals surface area contributed by atoms with Crippen LogP contribution in [0.3, 0.4) is 0 Å². The average molecular weight is 406 g/mol. The quantitative estimate of drug-likeness (QED) is 0.813. The normalized spacial score (nSPS) is 19.9. The molecule has 0 saturated carbocycles. The molecule has 3 rings (SSSR count). The van der Waals surface area contributed by atoms with E-state index >= 15 is 0 Å². The molecule has 6 heteroatoms. The lowest BCUT2D eigenvalue weighted by Gasteiger charge is -2.34. The second kappa shape index (κ2) is 10.3. The number of nitrogens with zero attached hydrogens (tertiary/aromatic N) is 2. The number of hydrogen-bond donors (Lipinski definition) is 1. The minimum Gasteiger partial charge on any atom is -0.342 e. The maximum absolute atomic E-state index is 12.8. The van der Waals surface area contributed by atoms with Crippen molar-refractivity contribution in [2.45, 2.75) is 51.5 Å². The highest BCUT2D eigenvalue weighted by Crippen LogP contribution is 2.22. The fourth-order valence-corrected chi connectivity index (χ4v) is 4.27. The van der Waals surface area contributed by atoms with E-state index < -0.39 is 0 Å². The van der Waals surface area contributed by atoms with E-state index in [9.17, 15) is 9.59 Å². The number of carbonyl (C=O) groups excluding carboxylic acids is 2. The SMILES string of the molecule is CC(NCC(=O)N1CCC(C(=O)N2CCCCCC2)CC1)c1ccc(Cl)cc1. The van der Waals surface area contributed by atoms with Gasteiger partial charge in [-0.2, -0.15) is 0 Å². The molecule has 1 N–H and O–H groups in total. The third-order valence-corrected chi connectivity index (χ3v) is 6.30. The van der Waals surface area contributed by atoms with Gasteiger partial charge in [0.1, 0.15) is 0 Å². The van der Waals surface area contributed by atoms with E-state index in [0.29, 0.717) is 30.6 Å². The number of piperidine rings is 1. The number of rotatable bonds is 5. The number of amides is 2. The zero-order valence-electron chi connectivity index (χ0n) is 16.8. The smallest absolute Gasteiger partial charge is 0.236 e. The maximum Gasteiger partial charge on any atom is 0.236 e. The molecule has 0 aromatic heterocycles. The molecule has 0 aliphatic carbocycles. The van der Waals surface area contributed by atoms with Crippen LogP contribution in [0.25, 0.3) is 0 Å². The molecule has 0 spiro atoms. The number of benzene rings is 1. The van der Waals surface area contributed by atoms with Crippen molar-refractivity contribution in [3.63, 3.8) is 0 Å². The van der Waals surface area contributed by atoms with Crippen molar-refractivity contribution in [2.24, 2.45) is 5.92 Å². The first-order chi connectivity index (χ1) is 13.5. The van der Waals surface area contributed by atoms with Gasteiger partial charge in [0, 0.05) is 43.2 Å². The van der Waals surface area contributed by atoms with E-state index in [0.717, 1.165) is 44.3 Å². The molecule has 2 heterocycles. The van der Waals surface area contributed by atoms with Gasteiger partial charge < -0.3 is 15.1 Å². The van der Waals surface area contributed by atoms with Crippen LogP contribution < -0.4 is 5.32 Å². The summed E-state index contributed by atoms with van der Waals surface area (Å²) in [4.78, 5) is 29.3. The first kappa shape index (κ1) is 21.1. The van der Waals surface area contributed by atoms with Crippen molar-refractivity contribution in [1.29, 1.82) is 0 Å². The highest BCUT2D eigenvalue weighted by atomic mass is 35.5. The molecule has 1 aromatic rings. The Bertz CT molecular complexity index is 648. The van der Waals surface area contributed by atoms with Crippen LogP contribution in [0, 0.1) is 5.92 Å². The topological polar surface area (TPSA) is 52.7 Å². The highest BCUT2D eigenvalue weighted by Gasteiger charge is 2.30. The summed E-state index contributed by atoms with van der Waals surface area (Å²) in [6.07, 6.45) is 6.29. The molecule has 2 amide bonds. The molecule has 2 saturated heterocycles. The molecule has 2 fully saturated rings. The minimum atomic E-state index is 0.0862. The zero-order valence-corrected chi connectivity index (χ0v) is 17.6. The van der Waals surface area contributed by atoms with Crippen LogP contribution in [-0.4, -0.2) is 54.3 Å². The van der Waals surface area contributed by atoms with Gasteiger partial charge in [0.15, 0.2) is 0 Å². The predicted octanol–water partition coefficient (Wildman–Crippen LogP) is 3.63. The molecule has 2 aliphatic rings. The Balaban J connectivity index is 1.42. The molecule has 1 atom stereocenters. The van der Waals surface area contributed by atoms with Gasteiger partial charge in [-0.3, -0.25) is 9.59 Å². The summed E-state index contributed by atoms with van der Waals surface area (Å²) in [6.45, 7) is 5.53. The Hall–Kier alpha value is -1.59. The number of carbonyl (C=O) groups is 2. The van der Waals surface area contributed by atoms with Crippen LogP contribution in [0.1, 0.15) is 57.1 Å². The van der Waals surface area contributed by atoms with Gasteiger partial charge in [-0.05, 0) is 50.3 Å². The average Bonchev–Trinajstić information content (AvgIpc) is 3.01. The van der Waals surface area contributed by atoms with Gasteiger partial charge in [0.2, 0.25) is 11.8 Å². The lowest BCUT2D eigenvalue weighted by atomic mass is 9.95. The Morgan fingerprint density at radius 2 is 1.61 bits per heavy atom. The summed E-state index contributed by atoms with van der Waals surface area (Å²) in [6, 6.07) is 7.77. The molecule has 1 aromatic carbocycles. The van der Waals surface area contributed by atoms with Crippen LogP contribution in [0.15, 0.2) is 24.3 Å². The molecular weight excluding hydrogens is 374 g/mol. The Kier molecular flexibility index (Phi) is 7.74. The second-order valence-corrected chi connectivity index (χ2v) is 8.49. The van der Waals surface area contributed by atoms with Gasteiger partial charge in [-0.25, -0.2) is 0 Å². The van der Waals surface area contributed by atoms with Gasteiger partial charge >= 0.3 is 0 Å². The van der Waals surface area contributed by atoms with Crippen molar-refractivity contribution < 1.29 is 9.59 Å². The minimum absolute atomic E-state index is 0.0862. The molecule has 0 radical (unpaired) electrons. The second-order valence-electron chi connectivity index (χ2n) is 8.05. The van der Waals surface area contributed by atoms with Gasteiger partial charge in [-0.1, -0.05) is 36.6 Å². The van der Waals surface area contributed by atoms with Crippen molar-refractivity contribution >= 4 is 23.4 Å². The predicted molar refractivity (Wildman–Crippen MR) is 112 cm³/mol. The summed E-state index contributed by atoms with van der Waals surface area (Å²) in [5.74, 6) is 0.507. The monoisotopic (exact) mass is 405 g/mol. The molecule has 1 unspecified atom stereocenters. The summed E-state index contributed by atoms with van der Waals surface area (Å²) >= 11 is 5.93. The van der Waals surface area contributed by atoms with E-state index in [2.05, 4.69) is 10.2 Å². The lowest BCUT2D eigenvalue weighted by Crippen LogP contribution is -2.47. The highest BCUT2D eigenvalue weighted by molar-refractivity contribution is 6.30. The third kappa shape index (κ3) is 5.71. The molecule has 5 nitrogen and oxygen atoms in total. The van der Waals surface area contributed by atoms with Gasteiger partial charge in [0.25, 0.3) is 0 Å². The molecule has 2 aliphatic heterocycles.